The zero-order valence-corrected chi connectivity index (χ0v) is 12.0. The van der Waals surface area contributed by atoms with Crippen molar-refractivity contribution < 1.29 is 14.1 Å². The lowest BCUT2D eigenvalue weighted by Crippen LogP contribution is -2.34. The SMILES string of the molecule is Cc1onc(-c2ccc3c(c2)NC(=O)C(C)O3)c1CN=[N+]=[N-]. The number of anilines is 1. The summed E-state index contributed by atoms with van der Waals surface area (Å²) in [4.78, 5) is 14.4. The van der Waals surface area contributed by atoms with Gasteiger partial charge < -0.3 is 14.6 Å². The first-order valence-corrected chi connectivity index (χ1v) is 6.68. The lowest BCUT2D eigenvalue weighted by atomic mass is 10.0. The second-order valence-electron chi connectivity index (χ2n) is 4.92. The molecule has 8 heteroatoms. The molecule has 0 fully saturated rings. The topological polar surface area (TPSA) is 113 Å². The molecular weight excluding hydrogens is 286 g/mol. The number of amides is 1. The van der Waals surface area contributed by atoms with Crippen LogP contribution in [0.1, 0.15) is 18.2 Å². The standard InChI is InChI=1S/C14H13N5O3/c1-7-10(6-16-19-15)13(18-22-7)9-3-4-12-11(5-9)17-14(20)8(2)21-12/h3-5,8H,6H2,1-2H3,(H,17,20). The number of hydrogen-bond donors (Lipinski definition) is 1. The first-order valence-electron chi connectivity index (χ1n) is 6.68. The summed E-state index contributed by atoms with van der Waals surface area (Å²) < 4.78 is 10.7. The van der Waals surface area contributed by atoms with Gasteiger partial charge in [0.25, 0.3) is 5.91 Å². The molecule has 22 heavy (non-hydrogen) atoms. The van der Waals surface area contributed by atoms with E-state index >= 15 is 0 Å². The zero-order valence-electron chi connectivity index (χ0n) is 12.0. The Morgan fingerprint density at radius 2 is 2.32 bits per heavy atom. The van der Waals surface area contributed by atoms with Crippen LogP contribution in [0.5, 0.6) is 5.75 Å². The highest BCUT2D eigenvalue weighted by atomic mass is 16.5. The normalized spacial score (nSPS) is 16.3. The number of benzene rings is 1. The van der Waals surface area contributed by atoms with Crippen LogP contribution < -0.4 is 10.1 Å². The second kappa shape index (κ2) is 5.42. The maximum atomic E-state index is 11.7. The molecule has 112 valence electrons. The molecule has 0 bridgehead atoms. The number of carbonyl (C=O) groups excluding carboxylic acids is 1. The lowest BCUT2D eigenvalue weighted by Gasteiger charge is -2.23. The highest BCUT2D eigenvalue weighted by molar-refractivity contribution is 5.98. The maximum absolute atomic E-state index is 11.7. The molecule has 0 saturated carbocycles. The highest BCUT2D eigenvalue weighted by Crippen LogP contribution is 2.35. The molecule has 1 aromatic heterocycles. The molecule has 0 radical (unpaired) electrons. The Kier molecular flexibility index (Phi) is 3.44. The van der Waals surface area contributed by atoms with E-state index in [0.29, 0.717) is 28.5 Å². The lowest BCUT2D eigenvalue weighted by molar-refractivity contribution is -0.122. The first-order chi connectivity index (χ1) is 10.6. The van der Waals surface area contributed by atoms with E-state index in [0.717, 1.165) is 5.56 Å². The minimum atomic E-state index is -0.520. The molecule has 1 amide bonds. The molecule has 2 heterocycles. The van der Waals surface area contributed by atoms with Gasteiger partial charge in [-0.15, -0.1) is 0 Å². The van der Waals surface area contributed by atoms with Gasteiger partial charge in [0, 0.05) is 16.0 Å². The van der Waals surface area contributed by atoms with E-state index in [4.69, 9.17) is 14.8 Å². The van der Waals surface area contributed by atoms with Gasteiger partial charge in [-0.05, 0) is 37.6 Å². The Morgan fingerprint density at radius 1 is 1.50 bits per heavy atom. The maximum Gasteiger partial charge on any atom is 0.265 e. The molecule has 0 aliphatic carbocycles. The van der Waals surface area contributed by atoms with Crippen LogP contribution in [0.2, 0.25) is 0 Å². The van der Waals surface area contributed by atoms with Crippen molar-refractivity contribution in [3.63, 3.8) is 0 Å². The Labute approximate surface area is 125 Å². The number of carbonyl (C=O) groups is 1. The van der Waals surface area contributed by atoms with E-state index in [1.165, 1.54) is 0 Å². The van der Waals surface area contributed by atoms with Gasteiger partial charge >= 0.3 is 0 Å². The molecule has 1 unspecified atom stereocenters. The average Bonchev–Trinajstić information content (AvgIpc) is 2.87. The summed E-state index contributed by atoms with van der Waals surface area (Å²) in [6.07, 6.45) is -0.520. The number of ether oxygens (including phenoxy) is 1. The third kappa shape index (κ3) is 2.36. The fraction of sp³-hybridized carbons (Fsp3) is 0.286. The molecule has 0 spiro atoms. The number of hydrogen-bond acceptors (Lipinski definition) is 5. The molecular formula is C14H13N5O3. The molecule has 1 atom stereocenters. The van der Waals surface area contributed by atoms with Crippen molar-refractivity contribution in [1.82, 2.24) is 5.16 Å². The van der Waals surface area contributed by atoms with E-state index in [-0.39, 0.29) is 12.5 Å². The van der Waals surface area contributed by atoms with Crippen molar-refractivity contribution in [3.8, 4) is 17.0 Å². The molecule has 8 nitrogen and oxygen atoms in total. The van der Waals surface area contributed by atoms with Crippen molar-refractivity contribution in [2.24, 2.45) is 5.11 Å². The van der Waals surface area contributed by atoms with Crippen LogP contribution in [0.25, 0.3) is 21.7 Å². The molecule has 0 saturated heterocycles. The molecule has 1 aliphatic heterocycles. The fourth-order valence-corrected chi connectivity index (χ4v) is 2.26. The summed E-state index contributed by atoms with van der Waals surface area (Å²) in [6, 6.07) is 5.35. The Bertz CT molecular complexity index is 792. The van der Waals surface area contributed by atoms with Gasteiger partial charge in [0.1, 0.15) is 17.2 Å². The Balaban J connectivity index is 2.02. The number of aryl methyl sites for hydroxylation is 1. The first kappa shape index (κ1) is 14.0. The Hall–Kier alpha value is -2.99. The van der Waals surface area contributed by atoms with E-state index in [9.17, 15) is 4.79 Å². The zero-order chi connectivity index (χ0) is 15.7. The van der Waals surface area contributed by atoms with Gasteiger partial charge in [-0.2, -0.15) is 0 Å². The van der Waals surface area contributed by atoms with Crippen LogP contribution in [0.3, 0.4) is 0 Å². The van der Waals surface area contributed by atoms with Gasteiger partial charge in [-0.3, -0.25) is 4.79 Å². The van der Waals surface area contributed by atoms with Crippen LogP contribution in [-0.2, 0) is 11.3 Å². The monoisotopic (exact) mass is 299 g/mol. The van der Waals surface area contributed by atoms with Gasteiger partial charge in [0.15, 0.2) is 6.10 Å². The smallest absolute Gasteiger partial charge is 0.265 e. The number of aromatic nitrogens is 1. The van der Waals surface area contributed by atoms with Crippen molar-refractivity contribution in [3.05, 3.63) is 40.0 Å². The third-order valence-corrected chi connectivity index (χ3v) is 3.46. The molecule has 3 rings (SSSR count). The predicted molar refractivity (Wildman–Crippen MR) is 78.2 cm³/mol. The summed E-state index contributed by atoms with van der Waals surface area (Å²) >= 11 is 0. The van der Waals surface area contributed by atoms with Crippen molar-refractivity contribution in [2.75, 3.05) is 5.32 Å². The number of rotatable bonds is 3. The Morgan fingerprint density at radius 3 is 3.09 bits per heavy atom. The van der Waals surface area contributed by atoms with Crippen molar-refractivity contribution in [1.29, 1.82) is 0 Å². The van der Waals surface area contributed by atoms with Crippen molar-refractivity contribution in [2.45, 2.75) is 26.5 Å². The minimum Gasteiger partial charge on any atom is -0.479 e. The minimum absolute atomic E-state index is 0.151. The summed E-state index contributed by atoms with van der Waals surface area (Å²) in [6.45, 7) is 3.59. The van der Waals surface area contributed by atoms with Gasteiger partial charge in [-0.1, -0.05) is 10.3 Å². The predicted octanol–water partition coefficient (Wildman–Crippen LogP) is 3.18. The van der Waals surface area contributed by atoms with Crippen LogP contribution >= 0.6 is 0 Å². The van der Waals surface area contributed by atoms with E-state index in [1.807, 2.05) is 6.07 Å². The van der Waals surface area contributed by atoms with Gasteiger partial charge in [0.05, 0.1) is 12.2 Å². The largest absolute Gasteiger partial charge is 0.479 e. The fourth-order valence-electron chi connectivity index (χ4n) is 2.26. The van der Waals surface area contributed by atoms with Crippen LogP contribution in [-0.4, -0.2) is 17.2 Å². The highest BCUT2D eigenvalue weighted by Gasteiger charge is 2.24. The summed E-state index contributed by atoms with van der Waals surface area (Å²) in [5.74, 6) is 0.997. The number of azide groups is 1. The van der Waals surface area contributed by atoms with Crippen molar-refractivity contribution >= 4 is 11.6 Å². The third-order valence-electron chi connectivity index (χ3n) is 3.46. The van der Waals surface area contributed by atoms with E-state index < -0.39 is 6.10 Å². The van der Waals surface area contributed by atoms with Gasteiger partial charge in [0.2, 0.25) is 0 Å². The summed E-state index contributed by atoms with van der Waals surface area (Å²) in [7, 11) is 0. The van der Waals surface area contributed by atoms with Gasteiger partial charge in [-0.25, -0.2) is 0 Å². The van der Waals surface area contributed by atoms with E-state index in [1.54, 1.807) is 26.0 Å². The second-order valence-corrected chi connectivity index (χ2v) is 4.92. The van der Waals surface area contributed by atoms with E-state index in [2.05, 4.69) is 20.5 Å². The quantitative estimate of drug-likeness (QED) is 0.532. The molecule has 2 aromatic rings. The average molecular weight is 299 g/mol. The molecule has 1 aliphatic rings. The summed E-state index contributed by atoms with van der Waals surface area (Å²) in [5.41, 5.74) is 11.1. The number of nitrogens with zero attached hydrogens (tertiary/aromatic N) is 4. The number of fused-ring (bicyclic) bond motifs is 1. The van der Waals surface area contributed by atoms with Crippen LogP contribution in [0.15, 0.2) is 27.8 Å². The number of nitrogens with one attached hydrogen (secondary N) is 1. The van der Waals surface area contributed by atoms with Crippen LogP contribution in [0, 0.1) is 6.92 Å². The van der Waals surface area contributed by atoms with Crippen LogP contribution in [0.4, 0.5) is 5.69 Å². The molecule has 1 N–H and O–H groups in total. The molecule has 1 aromatic carbocycles. The summed E-state index contributed by atoms with van der Waals surface area (Å²) in [5, 5.41) is 10.4.